The number of carbonyl (C=O) groups is 5. The standard InChI is InChI=1S/C38H58N2O11/c1-36(2,3)50-32(42)28(39-34(44)48-25-27-18-13-10-14-19-27)20-21-30(41)46-22-15-23-47-33(43)31-29(24-26-16-11-9-12-17-26)40(38(7,8)49-31)35(45)51-37(4,5)6/h10,13-14,18-19,26,28-29,31H,9,11-12,15-17,20-25H2,1-8H3,(H,39,44)/t28-,29-,31+/m0/s1. The summed E-state index contributed by atoms with van der Waals surface area (Å²) in [5.74, 6) is -1.54. The molecule has 1 N–H and O–H groups in total. The summed E-state index contributed by atoms with van der Waals surface area (Å²) in [4.78, 5) is 66.1. The van der Waals surface area contributed by atoms with Crippen molar-refractivity contribution in [3.05, 3.63) is 35.9 Å². The zero-order valence-corrected chi connectivity index (χ0v) is 31.6. The average Bonchev–Trinajstić information content (AvgIpc) is 3.30. The summed E-state index contributed by atoms with van der Waals surface area (Å²) < 4.78 is 33.4. The second-order valence-electron chi connectivity index (χ2n) is 15.7. The molecule has 1 aliphatic carbocycles. The van der Waals surface area contributed by atoms with Gasteiger partial charge in [0.15, 0.2) is 6.10 Å². The van der Waals surface area contributed by atoms with Gasteiger partial charge in [0.05, 0.1) is 19.3 Å². The predicted octanol–water partition coefficient (Wildman–Crippen LogP) is 6.59. The number of alkyl carbamates (subject to hydrolysis) is 1. The highest BCUT2D eigenvalue weighted by atomic mass is 16.6. The second-order valence-corrected chi connectivity index (χ2v) is 15.7. The average molecular weight is 719 g/mol. The fourth-order valence-electron chi connectivity index (χ4n) is 6.21. The molecule has 2 amide bonds. The van der Waals surface area contributed by atoms with Gasteiger partial charge in [-0.05, 0) is 79.7 Å². The van der Waals surface area contributed by atoms with Gasteiger partial charge in [-0.3, -0.25) is 9.69 Å². The van der Waals surface area contributed by atoms with Crippen molar-refractivity contribution in [3.63, 3.8) is 0 Å². The van der Waals surface area contributed by atoms with Crippen molar-refractivity contribution in [2.45, 2.75) is 155 Å². The lowest BCUT2D eigenvalue weighted by Gasteiger charge is -2.36. The number of carbonyl (C=O) groups excluding carboxylic acids is 5. The Morgan fingerprint density at radius 1 is 0.882 bits per heavy atom. The molecule has 1 aromatic rings. The molecule has 2 aliphatic rings. The minimum atomic E-state index is -1.14. The number of ether oxygens (including phenoxy) is 6. The van der Waals surface area contributed by atoms with Crippen LogP contribution in [0.15, 0.2) is 30.3 Å². The number of amides is 2. The first-order valence-corrected chi connectivity index (χ1v) is 18.1. The zero-order valence-electron chi connectivity index (χ0n) is 31.6. The summed E-state index contributed by atoms with van der Waals surface area (Å²) in [7, 11) is 0. The zero-order chi connectivity index (χ0) is 37.8. The molecule has 2 fully saturated rings. The highest BCUT2D eigenvalue weighted by Gasteiger charge is 2.54. The molecule has 1 saturated carbocycles. The first kappa shape index (κ1) is 41.5. The topological polar surface area (TPSA) is 156 Å². The van der Waals surface area contributed by atoms with Gasteiger partial charge in [0.25, 0.3) is 0 Å². The van der Waals surface area contributed by atoms with E-state index < -0.39 is 65.2 Å². The van der Waals surface area contributed by atoms with Gasteiger partial charge in [0, 0.05) is 12.8 Å². The van der Waals surface area contributed by atoms with Crippen LogP contribution < -0.4 is 5.32 Å². The summed E-state index contributed by atoms with van der Waals surface area (Å²) in [5.41, 5.74) is -1.85. The Morgan fingerprint density at radius 3 is 2.14 bits per heavy atom. The molecule has 13 heteroatoms. The summed E-state index contributed by atoms with van der Waals surface area (Å²) in [5, 5.41) is 2.49. The molecule has 0 radical (unpaired) electrons. The van der Waals surface area contributed by atoms with Crippen molar-refractivity contribution in [3.8, 4) is 0 Å². The molecule has 286 valence electrons. The molecule has 1 heterocycles. The number of rotatable bonds is 14. The molecule has 1 aromatic carbocycles. The van der Waals surface area contributed by atoms with Crippen LogP contribution in [0, 0.1) is 5.92 Å². The summed E-state index contributed by atoms with van der Waals surface area (Å²) in [6.07, 6.45) is 3.67. The van der Waals surface area contributed by atoms with E-state index >= 15 is 0 Å². The summed E-state index contributed by atoms with van der Waals surface area (Å²) >= 11 is 0. The minimum Gasteiger partial charge on any atom is -0.466 e. The lowest BCUT2D eigenvalue weighted by molar-refractivity contribution is -0.162. The van der Waals surface area contributed by atoms with E-state index in [1.54, 1.807) is 72.4 Å². The molecular weight excluding hydrogens is 660 g/mol. The van der Waals surface area contributed by atoms with E-state index in [9.17, 15) is 24.0 Å². The van der Waals surface area contributed by atoms with Gasteiger partial charge in [-0.15, -0.1) is 0 Å². The molecule has 0 spiro atoms. The van der Waals surface area contributed by atoms with Crippen molar-refractivity contribution < 1.29 is 52.4 Å². The smallest absolute Gasteiger partial charge is 0.412 e. The number of nitrogens with one attached hydrogen (secondary N) is 1. The van der Waals surface area contributed by atoms with E-state index in [0.29, 0.717) is 12.3 Å². The van der Waals surface area contributed by atoms with Gasteiger partial charge in [-0.25, -0.2) is 19.2 Å². The maximum atomic E-state index is 13.4. The van der Waals surface area contributed by atoms with Crippen molar-refractivity contribution in [1.82, 2.24) is 10.2 Å². The predicted molar refractivity (Wildman–Crippen MR) is 187 cm³/mol. The third kappa shape index (κ3) is 14.3. The van der Waals surface area contributed by atoms with Crippen LogP contribution in [0.5, 0.6) is 0 Å². The normalized spacial score (nSPS) is 19.8. The molecular formula is C38H58N2O11. The first-order valence-electron chi connectivity index (χ1n) is 18.1. The third-order valence-corrected chi connectivity index (χ3v) is 8.43. The Kier molecular flexibility index (Phi) is 15.1. The van der Waals surface area contributed by atoms with E-state index in [1.807, 2.05) is 18.2 Å². The van der Waals surface area contributed by atoms with Gasteiger partial charge in [0.2, 0.25) is 0 Å². The Morgan fingerprint density at radius 2 is 1.51 bits per heavy atom. The van der Waals surface area contributed by atoms with Crippen LogP contribution in [0.2, 0.25) is 0 Å². The highest BCUT2D eigenvalue weighted by Crippen LogP contribution is 2.39. The van der Waals surface area contributed by atoms with Crippen molar-refractivity contribution in [2.75, 3.05) is 13.2 Å². The van der Waals surface area contributed by atoms with Crippen LogP contribution in [0.25, 0.3) is 0 Å². The van der Waals surface area contributed by atoms with Crippen molar-refractivity contribution in [2.24, 2.45) is 5.92 Å². The van der Waals surface area contributed by atoms with E-state index in [1.165, 1.54) is 6.42 Å². The highest BCUT2D eigenvalue weighted by molar-refractivity contribution is 5.82. The molecule has 3 atom stereocenters. The second kappa shape index (κ2) is 18.6. The van der Waals surface area contributed by atoms with E-state index in [4.69, 9.17) is 28.4 Å². The number of esters is 3. The first-order chi connectivity index (χ1) is 23.8. The molecule has 1 saturated heterocycles. The van der Waals surface area contributed by atoms with Crippen LogP contribution in [0.4, 0.5) is 9.59 Å². The Bertz CT molecular complexity index is 1310. The monoisotopic (exact) mass is 718 g/mol. The Labute approximate surface area is 302 Å². The fraction of sp³-hybridized carbons (Fsp3) is 0.711. The fourth-order valence-corrected chi connectivity index (χ4v) is 6.21. The van der Waals surface area contributed by atoms with Gasteiger partial charge in [0.1, 0.15) is 29.6 Å². The van der Waals surface area contributed by atoms with Crippen molar-refractivity contribution >= 4 is 30.1 Å². The van der Waals surface area contributed by atoms with Crippen molar-refractivity contribution in [1.29, 1.82) is 0 Å². The molecule has 0 bridgehead atoms. The van der Waals surface area contributed by atoms with Gasteiger partial charge in [-0.2, -0.15) is 0 Å². The van der Waals surface area contributed by atoms with Crippen LogP contribution in [-0.2, 0) is 49.4 Å². The minimum absolute atomic E-state index is 0.00807. The number of hydrogen-bond donors (Lipinski definition) is 1. The summed E-state index contributed by atoms with van der Waals surface area (Å²) in [6.45, 7) is 13.9. The number of nitrogens with zero attached hydrogens (tertiary/aromatic N) is 1. The Hall–Kier alpha value is -3.87. The third-order valence-electron chi connectivity index (χ3n) is 8.43. The van der Waals surface area contributed by atoms with Gasteiger partial charge in [-0.1, -0.05) is 62.4 Å². The molecule has 0 unspecified atom stereocenters. The molecule has 1 aliphatic heterocycles. The van der Waals surface area contributed by atoms with Gasteiger partial charge >= 0.3 is 30.1 Å². The molecule has 13 nitrogen and oxygen atoms in total. The van der Waals surface area contributed by atoms with Crippen LogP contribution in [-0.4, -0.2) is 83.3 Å². The van der Waals surface area contributed by atoms with Crippen LogP contribution >= 0.6 is 0 Å². The number of hydrogen-bond acceptors (Lipinski definition) is 11. The maximum absolute atomic E-state index is 13.4. The lowest BCUT2D eigenvalue weighted by Crippen LogP contribution is -2.51. The van der Waals surface area contributed by atoms with E-state index in [2.05, 4.69) is 5.32 Å². The van der Waals surface area contributed by atoms with Crippen LogP contribution in [0.1, 0.15) is 119 Å². The molecule has 3 rings (SSSR count). The largest absolute Gasteiger partial charge is 0.466 e. The van der Waals surface area contributed by atoms with E-state index in [-0.39, 0.29) is 39.1 Å². The van der Waals surface area contributed by atoms with Gasteiger partial charge < -0.3 is 33.7 Å². The summed E-state index contributed by atoms with van der Waals surface area (Å²) in [6, 6.07) is 7.38. The maximum Gasteiger partial charge on any atom is 0.412 e. The lowest BCUT2D eigenvalue weighted by atomic mass is 9.83. The quantitative estimate of drug-likeness (QED) is 0.126. The SMILES string of the molecule is CC(C)(C)OC(=O)[C@H](CCC(=O)OCCCOC(=O)[C@@H]1OC(C)(C)N(C(=O)OC(C)(C)C)[C@H]1CC1CCCCC1)NC(=O)OCc1ccccc1. The molecule has 0 aromatic heterocycles. The van der Waals surface area contributed by atoms with Crippen LogP contribution in [0.3, 0.4) is 0 Å². The molecule has 51 heavy (non-hydrogen) atoms. The number of benzene rings is 1. The Balaban J connectivity index is 1.50. The van der Waals surface area contributed by atoms with E-state index in [0.717, 1.165) is 31.2 Å².